The van der Waals surface area contributed by atoms with Crippen LogP contribution in [0.15, 0.2) is 18.2 Å². The third-order valence-electron chi connectivity index (χ3n) is 3.65. The van der Waals surface area contributed by atoms with Crippen molar-refractivity contribution in [1.29, 1.82) is 0 Å². The Balaban J connectivity index is 2.19. The van der Waals surface area contributed by atoms with E-state index in [0.29, 0.717) is 19.5 Å². The van der Waals surface area contributed by atoms with Crippen LogP contribution in [0.5, 0.6) is 0 Å². The summed E-state index contributed by atoms with van der Waals surface area (Å²) in [5.74, 6) is 0.182. The number of aliphatic hydroxyl groups excluding tert-OH is 1. The highest BCUT2D eigenvalue weighted by atomic mass is 16.3. The largest absolute Gasteiger partial charge is 0.388 e. The molecular weight excluding hydrogens is 238 g/mol. The molecule has 1 aliphatic rings. The molecule has 0 spiro atoms. The summed E-state index contributed by atoms with van der Waals surface area (Å²) in [7, 11) is 0. The third-order valence-corrected chi connectivity index (χ3v) is 3.65. The van der Waals surface area contributed by atoms with E-state index in [1.54, 1.807) is 0 Å². The molecule has 1 aromatic rings. The van der Waals surface area contributed by atoms with E-state index in [-0.39, 0.29) is 11.3 Å². The second-order valence-corrected chi connectivity index (χ2v) is 6.36. The number of carbonyl (C=O) groups is 1. The first-order valence-electron chi connectivity index (χ1n) is 6.92. The summed E-state index contributed by atoms with van der Waals surface area (Å²) in [6.07, 6.45) is 0.307. The Hall–Kier alpha value is -1.35. The van der Waals surface area contributed by atoms with Crippen molar-refractivity contribution in [3.8, 4) is 0 Å². The Labute approximate surface area is 115 Å². The molecule has 0 aliphatic carbocycles. The van der Waals surface area contributed by atoms with Gasteiger partial charge in [-0.2, -0.15) is 0 Å². The highest BCUT2D eigenvalue weighted by Crippen LogP contribution is 2.30. The zero-order chi connectivity index (χ0) is 14.2. The van der Waals surface area contributed by atoms with Gasteiger partial charge in [0.25, 0.3) is 0 Å². The summed E-state index contributed by atoms with van der Waals surface area (Å²) >= 11 is 0. The highest BCUT2D eigenvalue weighted by Gasteiger charge is 2.31. The lowest BCUT2D eigenvalue weighted by molar-refractivity contribution is -0.140. The molecule has 104 valence electrons. The number of fused-ring (bicyclic) bond motifs is 1. The molecule has 1 aliphatic heterocycles. The van der Waals surface area contributed by atoms with E-state index in [0.717, 1.165) is 5.56 Å². The van der Waals surface area contributed by atoms with Gasteiger partial charge in [-0.05, 0) is 23.1 Å². The Bertz CT molecular complexity index is 488. The Morgan fingerprint density at radius 1 is 1.32 bits per heavy atom. The van der Waals surface area contributed by atoms with Gasteiger partial charge in [-0.1, -0.05) is 45.9 Å². The fourth-order valence-corrected chi connectivity index (χ4v) is 2.48. The van der Waals surface area contributed by atoms with Crippen molar-refractivity contribution in [2.45, 2.75) is 53.3 Å². The summed E-state index contributed by atoms with van der Waals surface area (Å²) in [5, 5.41) is 9.88. The van der Waals surface area contributed by atoms with Crippen molar-refractivity contribution in [1.82, 2.24) is 4.90 Å². The Kier molecular flexibility index (Phi) is 3.68. The minimum absolute atomic E-state index is 0.182. The summed E-state index contributed by atoms with van der Waals surface area (Å²) in [4.78, 5) is 14.2. The van der Waals surface area contributed by atoms with Gasteiger partial charge in [0, 0.05) is 18.5 Å². The number of hydrogen-bond donors (Lipinski definition) is 1. The van der Waals surface area contributed by atoms with Crippen LogP contribution in [0.4, 0.5) is 0 Å². The fraction of sp³-hybridized carbons (Fsp3) is 0.562. The minimum atomic E-state index is -0.405. The van der Waals surface area contributed by atoms with E-state index in [2.05, 4.69) is 0 Å². The number of carbonyl (C=O) groups excluding carboxylic acids is 1. The van der Waals surface area contributed by atoms with Gasteiger partial charge < -0.3 is 10.0 Å². The maximum atomic E-state index is 12.3. The second-order valence-electron chi connectivity index (χ2n) is 6.36. The molecule has 0 aromatic heterocycles. The van der Waals surface area contributed by atoms with Crippen LogP contribution in [0.25, 0.3) is 0 Å². The SMILES string of the molecule is CCC(O)c1ccc2c(c1)CN(C(=O)C(C)(C)C)C2. The number of rotatable bonds is 2. The average Bonchev–Trinajstić information content (AvgIpc) is 2.78. The summed E-state index contributed by atoms with van der Waals surface area (Å²) in [6, 6.07) is 6.05. The van der Waals surface area contributed by atoms with Crippen LogP contribution in [0.2, 0.25) is 0 Å². The molecule has 3 heteroatoms. The molecule has 3 nitrogen and oxygen atoms in total. The van der Waals surface area contributed by atoms with Crippen molar-refractivity contribution < 1.29 is 9.90 Å². The first kappa shape index (κ1) is 14.1. The van der Waals surface area contributed by atoms with E-state index in [9.17, 15) is 9.90 Å². The van der Waals surface area contributed by atoms with Gasteiger partial charge in [0.05, 0.1) is 6.10 Å². The van der Waals surface area contributed by atoms with Crippen molar-refractivity contribution in [2.75, 3.05) is 0 Å². The molecule has 0 bridgehead atoms. The van der Waals surface area contributed by atoms with Gasteiger partial charge in [0.2, 0.25) is 5.91 Å². The van der Waals surface area contributed by atoms with Crippen LogP contribution < -0.4 is 0 Å². The summed E-state index contributed by atoms with van der Waals surface area (Å²) in [5.41, 5.74) is 2.98. The topological polar surface area (TPSA) is 40.5 Å². The van der Waals surface area contributed by atoms with Gasteiger partial charge in [-0.15, -0.1) is 0 Å². The van der Waals surface area contributed by atoms with Gasteiger partial charge in [-0.3, -0.25) is 4.79 Å². The van der Waals surface area contributed by atoms with Crippen LogP contribution in [-0.4, -0.2) is 15.9 Å². The fourth-order valence-electron chi connectivity index (χ4n) is 2.48. The molecule has 0 radical (unpaired) electrons. The molecule has 1 amide bonds. The monoisotopic (exact) mass is 261 g/mol. The van der Waals surface area contributed by atoms with Crippen molar-refractivity contribution >= 4 is 5.91 Å². The predicted octanol–water partition coefficient (Wildman–Crippen LogP) is 3.02. The van der Waals surface area contributed by atoms with Crippen molar-refractivity contribution in [3.05, 3.63) is 34.9 Å². The normalized spacial score (nSPS) is 16.4. The second kappa shape index (κ2) is 4.97. The van der Waals surface area contributed by atoms with Crippen LogP contribution >= 0.6 is 0 Å². The standard InChI is InChI=1S/C16H23NO2/c1-5-14(18)11-6-7-12-9-17(10-13(12)8-11)15(19)16(2,3)4/h6-8,14,18H,5,9-10H2,1-4H3. The molecule has 0 fully saturated rings. The van der Waals surface area contributed by atoms with Crippen LogP contribution in [-0.2, 0) is 17.9 Å². The third kappa shape index (κ3) is 2.81. The lowest BCUT2D eigenvalue weighted by atomic mass is 9.95. The van der Waals surface area contributed by atoms with Crippen molar-refractivity contribution in [3.63, 3.8) is 0 Å². The smallest absolute Gasteiger partial charge is 0.228 e. The highest BCUT2D eigenvalue weighted by molar-refractivity contribution is 5.82. The Morgan fingerprint density at radius 3 is 2.53 bits per heavy atom. The minimum Gasteiger partial charge on any atom is -0.388 e. The maximum Gasteiger partial charge on any atom is 0.228 e. The molecule has 1 atom stereocenters. The molecule has 19 heavy (non-hydrogen) atoms. The average molecular weight is 261 g/mol. The molecule has 1 heterocycles. The number of aliphatic hydroxyl groups is 1. The molecule has 1 unspecified atom stereocenters. The number of benzene rings is 1. The lowest BCUT2D eigenvalue weighted by Gasteiger charge is -2.25. The van der Waals surface area contributed by atoms with Crippen LogP contribution in [0.1, 0.15) is 56.9 Å². The summed E-state index contributed by atoms with van der Waals surface area (Å²) < 4.78 is 0. The quantitative estimate of drug-likeness (QED) is 0.889. The molecule has 1 aromatic carbocycles. The van der Waals surface area contributed by atoms with Crippen LogP contribution in [0.3, 0.4) is 0 Å². The first-order valence-corrected chi connectivity index (χ1v) is 6.92. The van der Waals surface area contributed by atoms with E-state index in [1.807, 2.05) is 50.8 Å². The molecule has 1 N–H and O–H groups in total. The molecule has 0 saturated heterocycles. The number of amides is 1. The maximum absolute atomic E-state index is 12.3. The van der Waals surface area contributed by atoms with Gasteiger partial charge in [0.15, 0.2) is 0 Å². The number of hydrogen-bond acceptors (Lipinski definition) is 2. The molecule has 2 rings (SSSR count). The predicted molar refractivity (Wildman–Crippen MR) is 75.4 cm³/mol. The van der Waals surface area contributed by atoms with E-state index in [1.165, 1.54) is 11.1 Å². The van der Waals surface area contributed by atoms with E-state index >= 15 is 0 Å². The van der Waals surface area contributed by atoms with Gasteiger partial charge in [-0.25, -0.2) is 0 Å². The zero-order valence-corrected chi connectivity index (χ0v) is 12.2. The van der Waals surface area contributed by atoms with Gasteiger partial charge >= 0.3 is 0 Å². The van der Waals surface area contributed by atoms with E-state index < -0.39 is 6.10 Å². The van der Waals surface area contributed by atoms with E-state index in [4.69, 9.17) is 0 Å². The lowest BCUT2D eigenvalue weighted by Crippen LogP contribution is -2.35. The number of nitrogens with zero attached hydrogens (tertiary/aromatic N) is 1. The Morgan fingerprint density at radius 2 is 1.95 bits per heavy atom. The summed E-state index contributed by atoms with van der Waals surface area (Å²) in [6.45, 7) is 9.16. The van der Waals surface area contributed by atoms with Crippen molar-refractivity contribution in [2.24, 2.45) is 5.41 Å². The van der Waals surface area contributed by atoms with Gasteiger partial charge in [0.1, 0.15) is 0 Å². The molecular formula is C16H23NO2. The first-order chi connectivity index (χ1) is 8.82. The molecule has 0 saturated carbocycles. The van der Waals surface area contributed by atoms with Crippen LogP contribution in [0, 0.1) is 5.41 Å². The zero-order valence-electron chi connectivity index (χ0n) is 12.2.